The lowest BCUT2D eigenvalue weighted by Crippen LogP contribution is -2.45. The molecule has 3 rings (SSSR count). The number of hydrogen-bond acceptors (Lipinski definition) is 7. The largest absolute Gasteiger partial charge is 0.482 e. The number of carbonyl (C=O) groups is 3. The summed E-state index contributed by atoms with van der Waals surface area (Å²) in [5.74, 6) is -0.712. The predicted molar refractivity (Wildman–Crippen MR) is 134 cm³/mol. The van der Waals surface area contributed by atoms with Gasteiger partial charge in [0.15, 0.2) is 11.7 Å². The number of nitrogens with one attached hydrogen (secondary N) is 3. The molecule has 0 aromatic heterocycles. The Bertz CT molecular complexity index is 1130. The van der Waals surface area contributed by atoms with Gasteiger partial charge in [0.05, 0.1) is 30.4 Å². The summed E-state index contributed by atoms with van der Waals surface area (Å²) >= 11 is 5.30. The van der Waals surface area contributed by atoms with Gasteiger partial charge in [-0.1, -0.05) is 12.1 Å². The Morgan fingerprint density at radius 3 is 2.26 bits per heavy atom. The van der Waals surface area contributed by atoms with Crippen molar-refractivity contribution in [3.8, 4) is 5.75 Å². The number of carbonyl (C=O) groups excluding carboxylic acids is 3. The third-order valence-corrected chi connectivity index (χ3v) is 5.26. The molecule has 9 nitrogen and oxygen atoms in total. The molecule has 35 heavy (non-hydrogen) atoms. The average Bonchev–Trinajstić information content (AvgIpc) is 2.83. The van der Waals surface area contributed by atoms with Gasteiger partial charge in [0.1, 0.15) is 5.75 Å². The highest BCUT2D eigenvalue weighted by Gasteiger charge is 2.30. The van der Waals surface area contributed by atoms with Crippen molar-refractivity contribution in [2.24, 2.45) is 0 Å². The number of amides is 1. The molecule has 0 fully saturated rings. The highest BCUT2D eigenvalue weighted by molar-refractivity contribution is 7.80. The maximum absolute atomic E-state index is 13.2. The Balaban J connectivity index is 1.75. The lowest BCUT2D eigenvalue weighted by atomic mass is 9.95. The molecule has 0 radical (unpaired) electrons. The fraction of sp³-hybridized carbons (Fsp3) is 0.280. The molecule has 10 heteroatoms. The van der Waals surface area contributed by atoms with Gasteiger partial charge in [0.25, 0.3) is 5.91 Å². The highest BCUT2D eigenvalue weighted by atomic mass is 32.1. The minimum atomic E-state index is -0.512. The van der Waals surface area contributed by atoms with Crippen LogP contribution in [0.4, 0.5) is 5.69 Å². The van der Waals surface area contributed by atoms with Gasteiger partial charge in [-0.05, 0) is 75.0 Å². The molecule has 0 bridgehead atoms. The van der Waals surface area contributed by atoms with Gasteiger partial charge in [-0.2, -0.15) is 0 Å². The van der Waals surface area contributed by atoms with Crippen LogP contribution in [0.15, 0.2) is 59.8 Å². The number of ether oxygens (including phenoxy) is 3. The number of anilines is 1. The van der Waals surface area contributed by atoms with Crippen LogP contribution < -0.4 is 20.7 Å². The van der Waals surface area contributed by atoms with E-state index in [1.807, 2.05) is 0 Å². The van der Waals surface area contributed by atoms with E-state index in [9.17, 15) is 14.4 Å². The van der Waals surface area contributed by atoms with Crippen LogP contribution in [0.25, 0.3) is 0 Å². The summed E-state index contributed by atoms with van der Waals surface area (Å²) in [6.45, 7) is 5.62. The van der Waals surface area contributed by atoms with Crippen LogP contribution in [-0.4, -0.2) is 42.8 Å². The van der Waals surface area contributed by atoms with Crippen molar-refractivity contribution in [2.45, 2.75) is 26.8 Å². The number of rotatable bonds is 9. The number of thiocarbonyl (C=S) groups is 1. The fourth-order valence-corrected chi connectivity index (χ4v) is 3.72. The molecule has 1 atom stereocenters. The summed E-state index contributed by atoms with van der Waals surface area (Å²) in [6.07, 6.45) is 0. The zero-order valence-corrected chi connectivity index (χ0v) is 20.5. The molecular formula is C25H27N3O6S. The lowest BCUT2D eigenvalue weighted by Gasteiger charge is -2.30. The Labute approximate surface area is 208 Å². The second-order valence-electron chi connectivity index (χ2n) is 7.48. The Hall–Kier alpha value is -3.92. The van der Waals surface area contributed by atoms with Gasteiger partial charge >= 0.3 is 11.9 Å². The quantitative estimate of drug-likeness (QED) is 0.355. The molecule has 0 saturated heterocycles. The molecule has 0 saturated carbocycles. The van der Waals surface area contributed by atoms with Crippen molar-refractivity contribution in [1.82, 2.24) is 10.6 Å². The van der Waals surface area contributed by atoms with Crippen molar-refractivity contribution in [1.29, 1.82) is 0 Å². The van der Waals surface area contributed by atoms with Gasteiger partial charge in [0.2, 0.25) is 0 Å². The molecule has 1 aliphatic rings. The first-order valence-corrected chi connectivity index (χ1v) is 11.5. The topological polar surface area (TPSA) is 115 Å². The van der Waals surface area contributed by atoms with E-state index in [0.717, 1.165) is 5.56 Å². The zero-order valence-electron chi connectivity index (χ0n) is 19.7. The third-order valence-electron chi connectivity index (χ3n) is 5.04. The number of hydrogen-bond donors (Lipinski definition) is 3. The number of benzene rings is 2. The van der Waals surface area contributed by atoms with Crippen molar-refractivity contribution >= 4 is 40.9 Å². The van der Waals surface area contributed by atoms with Crippen LogP contribution in [-0.2, 0) is 19.1 Å². The molecule has 1 aliphatic heterocycles. The van der Waals surface area contributed by atoms with Crippen LogP contribution in [0, 0.1) is 0 Å². The standard InChI is InChI=1S/C25H27N3O6S/c1-4-32-20(29)14-34-19-12-8-16(9-13-19)22-21(15(3)26-25(35)28-22)23(30)27-18-10-6-17(7-11-18)24(31)33-5-2/h6-13,22H,4-5,14H2,1-3H3,(H,27,30)(H2,26,28,35). The summed E-state index contributed by atoms with van der Waals surface area (Å²) in [5, 5.41) is 9.38. The summed E-state index contributed by atoms with van der Waals surface area (Å²) in [5.41, 5.74) is 2.77. The van der Waals surface area contributed by atoms with E-state index in [4.69, 9.17) is 26.4 Å². The molecule has 0 spiro atoms. The number of esters is 2. The maximum atomic E-state index is 13.2. The first-order valence-electron chi connectivity index (χ1n) is 11.1. The molecule has 3 N–H and O–H groups in total. The molecule has 1 amide bonds. The monoisotopic (exact) mass is 497 g/mol. The van der Waals surface area contributed by atoms with Crippen LogP contribution in [0.2, 0.25) is 0 Å². The maximum Gasteiger partial charge on any atom is 0.344 e. The van der Waals surface area contributed by atoms with Crippen molar-refractivity contribution in [2.75, 3.05) is 25.1 Å². The lowest BCUT2D eigenvalue weighted by molar-refractivity contribution is -0.145. The normalized spacial score (nSPS) is 14.9. The van der Waals surface area contributed by atoms with Crippen LogP contribution in [0.1, 0.15) is 42.7 Å². The summed E-state index contributed by atoms with van der Waals surface area (Å²) < 4.78 is 15.3. The molecule has 2 aromatic carbocycles. The minimum absolute atomic E-state index is 0.190. The van der Waals surface area contributed by atoms with Gasteiger partial charge < -0.3 is 30.2 Å². The summed E-state index contributed by atoms with van der Waals surface area (Å²) in [6, 6.07) is 12.9. The Kier molecular flexibility index (Phi) is 8.80. The summed E-state index contributed by atoms with van der Waals surface area (Å²) in [4.78, 5) is 36.6. The smallest absolute Gasteiger partial charge is 0.344 e. The van der Waals surface area contributed by atoms with Gasteiger partial charge in [-0.15, -0.1) is 0 Å². The third kappa shape index (κ3) is 6.80. The van der Waals surface area contributed by atoms with E-state index < -0.39 is 18.0 Å². The SMILES string of the molecule is CCOC(=O)COc1ccc(C2NC(=S)NC(C)=C2C(=O)Nc2ccc(C(=O)OCC)cc2)cc1. The van der Waals surface area contributed by atoms with E-state index in [2.05, 4.69) is 16.0 Å². The molecular weight excluding hydrogens is 470 g/mol. The summed E-state index contributed by atoms with van der Waals surface area (Å²) in [7, 11) is 0. The molecule has 2 aromatic rings. The van der Waals surface area contributed by atoms with E-state index >= 15 is 0 Å². The van der Waals surface area contributed by atoms with Gasteiger partial charge in [-0.3, -0.25) is 4.79 Å². The van der Waals surface area contributed by atoms with E-state index in [0.29, 0.717) is 33.4 Å². The first-order chi connectivity index (χ1) is 16.8. The second-order valence-corrected chi connectivity index (χ2v) is 7.89. The average molecular weight is 498 g/mol. The molecule has 1 unspecified atom stereocenters. The van der Waals surface area contributed by atoms with Crippen LogP contribution >= 0.6 is 12.2 Å². The Morgan fingerprint density at radius 2 is 1.63 bits per heavy atom. The first kappa shape index (κ1) is 25.7. The zero-order chi connectivity index (χ0) is 25.4. The molecule has 1 heterocycles. The number of allylic oxidation sites excluding steroid dienone is 1. The molecule has 184 valence electrons. The Morgan fingerprint density at radius 1 is 0.971 bits per heavy atom. The van der Waals surface area contributed by atoms with Crippen molar-refractivity contribution in [3.05, 3.63) is 70.9 Å². The van der Waals surface area contributed by atoms with E-state index in [1.54, 1.807) is 69.3 Å². The van der Waals surface area contributed by atoms with Crippen LogP contribution in [0.3, 0.4) is 0 Å². The van der Waals surface area contributed by atoms with Gasteiger partial charge in [0, 0.05) is 11.4 Å². The van der Waals surface area contributed by atoms with Crippen LogP contribution in [0.5, 0.6) is 5.75 Å². The molecule has 0 aliphatic carbocycles. The predicted octanol–water partition coefficient (Wildman–Crippen LogP) is 3.24. The minimum Gasteiger partial charge on any atom is -0.482 e. The van der Waals surface area contributed by atoms with E-state index in [-0.39, 0.29) is 25.7 Å². The fourth-order valence-electron chi connectivity index (χ4n) is 3.45. The van der Waals surface area contributed by atoms with Gasteiger partial charge in [-0.25, -0.2) is 9.59 Å². The second kappa shape index (κ2) is 12.0. The van der Waals surface area contributed by atoms with Crippen molar-refractivity contribution in [3.63, 3.8) is 0 Å². The van der Waals surface area contributed by atoms with E-state index in [1.165, 1.54) is 0 Å². The van der Waals surface area contributed by atoms with Crippen molar-refractivity contribution < 1.29 is 28.6 Å². The highest BCUT2D eigenvalue weighted by Crippen LogP contribution is 2.29.